The van der Waals surface area contributed by atoms with Crippen LogP contribution >= 0.6 is 10.9 Å². The zero-order valence-electron chi connectivity index (χ0n) is 6.70. The van der Waals surface area contributed by atoms with Crippen molar-refractivity contribution in [2.45, 2.75) is 12.5 Å². The van der Waals surface area contributed by atoms with E-state index in [1.807, 2.05) is 0 Å². The Kier molecular flexibility index (Phi) is 4.14. The van der Waals surface area contributed by atoms with Crippen molar-refractivity contribution < 1.29 is 9.59 Å². The third-order valence-electron chi connectivity index (χ3n) is 1.18. The van der Waals surface area contributed by atoms with E-state index in [-0.39, 0.29) is 11.5 Å². The number of rotatable bonds is 3. The first-order chi connectivity index (χ1) is 4.95. The van der Waals surface area contributed by atoms with Crippen LogP contribution in [-0.2, 0) is 9.59 Å². The van der Waals surface area contributed by atoms with Crippen molar-refractivity contribution in [3.8, 4) is 0 Å². The number of primary amides is 1. The van der Waals surface area contributed by atoms with Crippen molar-refractivity contribution in [3.05, 3.63) is 0 Å². The van der Waals surface area contributed by atoms with Crippen molar-refractivity contribution in [1.82, 2.24) is 0 Å². The number of carbonyl (C=O) groups excluding carboxylic acids is 2. The molecule has 1 amide bonds. The minimum atomic E-state index is -0.703. The fourth-order valence-electron chi connectivity index (χ4n) is 0.636. The summed E-state index contributed by atoms with van der Waals surface area (Å²) in [5.41, 5.74) is 10.3. The Morgan fingerprint density at radius 3 is 2.18 bits per heavy atom. The van der Waals surface area contributed by atoms with Crippen LogP contribution in [0.3, 0.4) is 0 Å². The molecule has 0 radical (unpaired) electrons. The molecule has 0 spiro atoms. The van der Waals surface area contributed by atoms with Gasteiger partial charge in [0.25, 0.3) is 0 Å². The molecule has 0 aliphatic rings. The third-order valence-corrected chi connectivity index (χ3v) is 2.39. The Balaban J connectivity index is 3.93. The second kappa shape index (κ2) is 4.35. The van der Waals surface area contributed by atoms with Gasteiger partial charge in [0.2, 0.25) is 5.91 Å². The zero-order valence-corrected chi connectivity index (χ0v) is 7.60. The Bertz CT molecular complexity index is 170. The van der Waals surface area contributed by atoms with Gasteiger partial charge in [-0.1, -0.05) is 0 Å². The van der Waals surface area contributed by atoms with E-state index in [0.717, 1.165) is 0 Å². The monoisotopic (exact) mass is 178 g/mol. The van der Waals surface area contributed by atoms with Gasteiger partial charge in [-0.3, -0.25) is 9.59 Å². The normalized spacial score (nSPS) is 13.9. The molecule has 0 rings (SSSR count). The summed E-state index contributed by atoms with van der Waals surface area (Å²) in [6.45, 7) is 0. The highest BCUT2D eigenvalue weighted by molar-refractivity contribution is 8.28. The number of hydrogen-bond acceptors (Lipinski definition) is 3. The number of amides is 1. The van der Waals surface area contributed by atoms with E-state index in [4.69, 9.17) is 11.5 Å². The predicted octanol–water partition coefficient (Wildman–Crippen LogP) is -1.02. The maximum Gasteiger partial charge on any atom is 0.219 e. The summed E-state index contributed by atoms with van der Waals surface area (Å²) in [5.74, 6) is -0.525. The molecule has 0 aromatic heterocycles. The zero-order chi connectivity index (χ0) is 9.02. The maximum atomic E-state index is 11.1. The molecule has 1 atom stereocenters. The smallest absolute Gasteiger partial charge is 0.219 e. The summed E-state index contributed by atoms with van der Waals surface area (Å²) < 4.78 is 0. The number of hydrogen-bond donors (Lipinski definition) is 3. The molecule has 0 saturated heterocycles. The molecule has 11 heavy (non-hydrogen) atoms. The maximum absolute atomic E-state index is 11.1. The molecular formula is C6H14N2O2S. The van der Waals surface area contributed by atoms with Crippen LogP contribution in [0.25, 0.3) is 0 Å². The van der Waals surface area contributed by atoms with Gasteiger partial charge in [0, 0.05) is 6.42 Å². The number of thiol groups is 1. The van der Waals surface area contributed by atoms with Crippen LogP contribution in [0.15, 0.2) is 0 Å². The van der Waals surface area contributed by atoms with Crippen LogP contribution in [0.1, 0.15) is 6.42 Å². The molecule has 4 N–H and O–H groups in total. The lowest BCUT2D eigenvalue weighted by Crippen LogP contribution is -2.34. The minimum Gasteiger partial charge on any atom is -0.370 e. The van der Waals surface area contributed by atoms with Gasteiger partial charge in [0.15, 0.2) is 5.12 Å². The molecule has 0 saturated carbocycles. The van der Waals surface area contributed by atoms with Crippen LogP contribution in [0.2, 0.25) is 0 Å². The first kappa shape index (κ1) is 10.4. The summed E-state index contributed by atoms with van der Waals surface area (Å²) in [5, 5.41) is -0.0567. The molecule has 0 aromatic carbocycles. The Morgan fingerprint density at radius 2 is 1.91 bits per heavy atom. The van der Waals surface area contributed by atoms with Crippen molar-refractivity contribution in [3.63, 3.8) is 0 Å². The van der Waals surface area contributed by atoms with Crippen LogP contribution in [-0.4, -0.2) is 29.6 Å². The SMILES string of the molecule is C[SH](C)C(=O)C(N)CC(N)=O. The van der Waals surface area contributed by atoms with E-state index in [2.05, 4.69) is 0 Å². The molecule has 0 bridgehead atoms. The highest BCUT2D eigenvalue weighted by Gasteiger charge is 2.16. The molecule has 5 heteroatoms. The average molecular weight is 178 g/mol. The molecule has 1 unspecified atom stereocenters. The largest absolute Gasteiger partial charge is 0.370 e. The van der Waals surface area contributed by atoms with Gasteiger partial charge in [-0.05, 0) is 12.5 Å². The van der Waals surface area contributed by atoms with E-state index in [1.54, 1.807) is 12.5 Å². The summed E-state index contributed by atoms with van der Waals surface area (Å²) in [6, 6.07) is -0.700. The van der Waals surface area contributed by atoms with E-state index >= 15 is 0 Å². The van der Waals surface area contributed by atoms with Gasteiger partial charge in [0.05, 0.1) is 6.04 Å². The molecule has 4 nitrogen and oxygen atoms in total. The topological polar surface area (TPSA) is 86.2 Å². The van der Waals surface area contributed by atoms with E-state index < -0.39 is 22.8 Å². The van der Waals surface area contributed by atoms with Gasteiger partial charge < -0.3 is 11.5 Å². The van der Waals surface area contributed by atoms with Gasteiger partial charge >= 0.3 is 0 Å². The Labute approximate surface area is 68.7 Å². The van der Waals surface area contributed by atoms with Crippen molar-refractivity contribution in [2.75, 3.05) is 12.5 Å². The van der Waals surface area contributed by atoms with Crippen molar-refractivity contribution in [1.29, 1.82) is 0 Å². The summed E-state index contributed by atoms with van der Waals surface area (Å²) in [6.07, 6.45) is 3.57. The second-order valence-electron chi connectivity index (χ2n) is 2.51. The number of nitrogens with two attached hydrogens (primary N) is 2. The average Bonchev–Trinajstić information content (AvgIpc) is 1.84. The molecule has 66 valence electrons. The molecule has 0 fully saturated rings. The predicted molar refractivity (Wildman–Crippen MR) is 47.6 cm³/mol. The highest BCUT2D eigenvalue weighted by Crippen LogP contribution is 2.16. The fourth-order valence-corrected chi connectivity index (χ4v) is 1.39. The van der Waals surface area contributed by atoms with Crippen LogP contribution in [0.5, 0.6) is 0 Å². The first-order valence-corrected chi connectivity index (χ1v) is 5.43. The lowest BCUT2D eigenvalue weighted by Gasteiger charge is -2.12. The quantitative estimate of drug-likeness (QED) is 0.483. The standard InChI is InChI=1S/C6H14N2O2S/c1-11(2)6(10)4(7)3-5(8)9/h4,11H,3,7H2,1-2H3,(H2,8,9). The molecule has 0 heterocycles. The van der Waals surface area contributed by atoms with Crippen LogP contribution in [0, 0.1) is 0 Å². The molecular weight excluding hydrogens is 164 g/mol. The summed E-state index contributed by atoms with van der Waals surface area (Å²) >= 11 is 0. The van der Waals surface area contributed by atoms with Crippen LogP contribution in [0.4, 0.5) is 0 Å². The minimum absolute atomic E-state index is 0.0423. The molecule has 0 aliphatic heterocycles. The third kappa shape index (κ3) is 4.00. The van der Waals surface area contributed by atoms with E-state index in [1.165, 1.54) is 0 Å². The fraction of sp³-hybridized carbons (Fsp3) is 0.667. The van der Waals surface area contributed by atoms with Crippen molar-refractivity contribution in [2.24, 2.45) is 11.5 Å². The highest BCUT2D eigenvalue weighted by atomic mass is 32.2. The molecule has 0 aliphatic carbocycles. The van der Waals surface area contributed by atoms with Crippen LogP contribution < -0.4 is 11.5 Å². The summed E-state index contributed by atoms with van der Waals surface area (Å²) in [7, 11) is -0.703. The lowest BCUT2D eigenvalue weighted by atomic mass is 10.2. The number of carbonyl (C=O) groups is 2. The first-order valence-electron chi connectivity index (χ1n) is 3.20. The van der Waals surface area contributed by atoms with Gasteiger partial charge in [-0.25, -0.2) is 0 Å². The molecule has 0 aromatic rings. The van der Waals surface area contributed by atoms with Gasteiger partial charge in [0.1, 0.15) is 0 Å². The van der Waals surface area contributed by atoms with Gasteiger partial charge in [-0.2, -0.15) is 10.9 Å². The summed E-state index contributed by atoms with van der Waals surface area (Å²) in [4.78, 5) is 21.4. The Morgan fingerprint density at radius 1 is 1.45 bits per heavy atom. The van der Waals surface area contributed by atoms with E-state index in [0.29, 0.717) is 0 Å². The van der Waals surface area contributed by atoms with E-state index in [9.17, 15) is 9.59 Å². The Hall–Kier alpha value is -0.550. The van der Waals surface area contributed by atoms with Crippen molar-refractivity contribution >= 4 is 21.9 Å². The second-order valence-corrected chi connectivity index (χ2v) is 4.74. The van der Waals surface area contributed by atoms with Gasteiger partial charge in [-0.15, -0.1) is 0 Å². The lowest BCUT2D eigenvalue weighted by molar-refractivity contribution is -0.121.